The van der Waals surface area contributed by atoms with Crippen LogP contribution in [0.2, 0.25) is 0 Å². The van der Waals surface area contributed by atoms with Gasteiger partial charge < -0.3 is 20.0 Å². The van der Waals surface area contributed by atoms with Gasteiger partial charge in [0.1, 0.15) is 6.20 Å². The van der Waals surface area contributed by atoms with E-state index < -0.39 is 10.8 Å². The molecule has 1 aromatic carbocycles. The molecular formula is C14H15N5O5. The van der Waals surface area contributed by atoms with Crippen LogP contribution in [0.1, 0.15) is 11.4 Å². The molecule has 0 bridgehead atoms. The number of aromatic hydroxyl groups is 1. The Morgan fingerprint density at radius 1 is 1.58 bits per heavy atom. The Morgan fingerprint density at radius 3 is 3.00 bits per heavy atom. The van der Waals surface area contributed by atoms with Crippen molar-refractivity contribution in [2.45, 2.75) is 13.5 Å². The Balaban J connectivity index is 2.04. The minimum absolute atomic E-state index is 0.112. The number of imidazole rings is 1. The molecule has 1 amide bonds. The van der Waals surface area contributed by atoms with Gasteiger partial charge in [-0.05, 0) is 17.1 Å². The summed E-state index contributed by atoms with van der Waals surface area (Å²) in [5, 5.41) is 24.5. The summed E-state index contributed by atoms with van der Waals surface area (Å²) in [7, 11) is 1.41. The van der Waals surface area contributed by atoms with Gasteiger partial charge in [0.05, 0.1) is 13.3 Å². The quantitative estimate of drug-likeness (QED) is 0.460. The van der Waals surface area contributed by atoms with Crippen LogP contribution in [0.25, 0.3) is 0 Å². The molecule has 10 nitrogen and oxygen atoms in total. The van der Waals surface area contributed by atoms with Crippen molar-refractivity contribution in [3.05, 3.63) is 45.9 Å². The summed E-state index contributed by atoms with van der Waals surface area (Å²) in [4.78, 5) is 25.9. The number of benzene rings is 1. The number of aromatic nitrogens is 2. The third kappa shape index (κ3) is 3.66. The van der Waals surface area contributed by atoms with E-state index in [9.17, 15) is 20.0 Å². The van der Waals surface area contributed by atoms with Crippen LogP contribution in [0.3, 0.4) is 0 Å². The van der Waals surface area contributed by atoms with Crippen LogP contribution in [-0.4, -0.2) is 38.8 Å². The first-order valence-corrected chi connectivity index (χ1v) is 6.78. The summed E-state index contributed by atoms with van der Waals surface area (Å²) in [5.74, 6) is -0.352. The van der Waals surface area contributed by atoms with Gasteiger partial charge in [0.15, 0.2) is 23.9 Å². The van der Waals surface area contributed by atoms with Crippen molar-refractivity contribution in [2.75, 3.05) is 7.11 Å². The topological polar surface area (TPSA) is 132 Å². The van der Waals surface area contributed by atoms with E-state index in [-0.39, 0.29) is 23.9 Å². The molecule has 2 rings (SSSR count). The highest BCUT2D eigenvalue weighted by Gasteiger charge is 2.19. The second kappa shape index (κ2) is 7.22. The Labute approximate surface area is 136 Å². The van der Waals surface area contributed by atoms with E-state index in [1.807, 2.05) is 0 Å². The number of hydrazone groups is 1. The number of aryl methyl sites for hydroxylation is 1. The number of carbonyl (C=O) groups excluding carboxylic acids is 1. The van der Waals surface area contributed by atoms with E-state index in [4.69, 9.17) is 4.74 Å². The molecule has 2 N–H and O–H groups in total. The fourth-order valence-electron chi connectivity index (χ4n) is 1.96. The van der Waals surface area contributed by atoms with Crippen molar-refractivity contribution >= 4 is 17.9 Å². The zero-order valence-corrected chi connectivity index (χ0v) is 13.0. The molecule has 0 aliphatic heterocycles. The molecular weight excluding hydrogens is 318 g/mol. The van der Waals surface area contributed by atoms with Crippen LogP contribution < -0.4 is 10.2 Å². The number of nitrogens with zero attached hydrogens (tertiary/aromatic N) is 4. The standard InChI is InChI=1S/C14H15N5O5/c1-9-15-7-13(19(22)23)18(9)8-12(20)17-16-6-10-4-3-5-11(24-2)14(10)21/h3-7,21H,8H2,1-2H3,(H,17,20)/b16-6-. The highest BCUT2D eigenvalue weighted by atomic mass is 16.6. The van der Waals surface area contributed by atoms with Gasteiger partial charge in [0.2, 0.25) is 0 Å². The molecule has 0 fully saturated rings. The van der Waals surface area contributed by atoms with E-state index in [1.165, 1.54) is 13.3 Å². The van der Waals surface area contributed by atoms with Gasteiger partial charge in [-0.2, -0.15) is 5.10 Å². The predicted octanol–water partition coefficient (Wildman–Crippen LogP) is 0.964. The fraction of sp³-hybridized carbons (Fsp3) is 0.214. The molecule has 0 saturated carbocycles. The van der Waals surface area contributed by atoms with E-state index >= 15 is 0 Å². The Kier molecular flexibility index (Phi) is 5.09. The predicted molar refractivity (Wildman–Crippen MR) is 84.0 cm³/mol. The molecule has 0 spiro atoms. The molecule has 24 heavy (non-hydrogen) atoms. The summed E-state index contributed by atoms with van der Waals surface area (Å²) in [6.45, 7) is 1.25. The van der Waals surface area contributed by atoms with Crippen LogP contribution in [0.5, 0.6) is 11.5 Å². The normalized spacial score (nSPS) is 10.8. The minimum atomic E-state index is -0.620. The SMILES string of the molecule is COc1cccc(/C=N\NC(=O)Cn2c([N+](=O)[O-])cnc2C)c1O. The lowest BCUT2D eigenvalue weighted by atomic mass is 10.2. The Morgan fingerprint density at radius 2 is 2.33 bits per heavy atom. The third-order valence-corrected chi connectivity index (χ3v) is 3.17. The number of phenols is 1. The summed E-state index contributed by atoms with van der Waals surface area (Å²) in [6, 6.07) is 4.81. The fourth-order valence-corrected chi connectivity index (χ4v) is 1.96. The lowest BCUT2D eigenvalue weighted by Crippen LogP contribution is -2.24. The number of ether oxygens (including phenoxy) is 1. The Hall–Kier alpha value is -3.43. The molecule has 126 valence electrons. The molecule has 0 aliphatic rings. The lowest BCUT2D eigenvalue weighted by molar-refractivity contribution is -0.392. The second-order valence-corrected chi connectivity index (χ2v) is 4.70. The first kappa shape index (κ1) is 16.9. The highest BCUT2D eigenvalue weighted by molar-refractivity contribution is 5.86. The number of nitro groups is 1. The smallest absolute Gasteiger partial charge is 0.343 e. The average Bonchev–Trinajstić information content (AvgIpc) is 2.90. The van der Waals surface area contributed by atoms with Crippen LogP contribution in [0.15, 0.2) is 29.5 Å². The number of hydrogen-bond donors (Lipinski definition) is 2. The molecule has 10 heteroatoms. The van der Waals surface area contributed by atoms with E-state index in [0.717, 1.165) is 10.8 Å². The molecule has 2 aromatic rings. The van der Waals surface area contributed by atoms with Crippen LogP contribution in [0.4, 0.5) is 5.82 Å². The van der Waals surface area contributed by atoms with Crippen molar-refractivity contribution in [2.24, 2.45) is 5.10 Å². The van der Waals surface area contributed by atoms with Crippen molar-refractivity contribution in [3.63, 3.8) is 0 Å². The van der Waals surface area contributed by atoms with E-state index in [0.29, 0.717) is 11.4 Å². The minimum Gasteiger partial charge on any atom is -0.504 e. The van der Waals surface area contributed by atoms with Crippen molar-refractivity contribution in [1.82, 2.24) is 15.0 Å². The molecule has 1 heterocycles. The van der Waals surface area contributed by atoms with Crippen molar-refractivity contribution < 1.29 is 19.6 Å². The highest BCUT2D eigenvalue weighted by Crippen LogP contribution is 2.27. The number of hydrogen-bond acceptors (Lipinski definition) is 7. The van der Waals surface area contributed by atoms with Crippen LogP contribution in [-0.2, 0) is 11.3 Å². The Bertz CT molecular complexity index is 799. The zero-order chi connectivity index (χ0) is 17.7. The molecule has 0 unspecified atom stereocenters. The van der Waals surface area contributed by atoms with Crippen LogP contribution >= 0.6 is 0 Å². The number of amides is 1. The van der Waals surface area contributed by atoms with E-state index in [2.05, 4.69) is 15.5 Å². The number of carbonyl (C=O) groups is 1. The lowest BCUT2D eigenvalue weighted by Gasteiger charge is -2.05. The van der Waals surface area contributed by atoms with Gasteiger partial charge in [-0.3, -0.25) is 4.79 Å². The number of phenolic OH excluding ortho intramolecular Hbond substituents is 1. The molecule has 0 aliphatic carbocycles. The van der Waals surface area contributed by atoms with Crippen molar-refractivity contribution in [3.8, 4) is 11.5 Å². The maximum atomic E-state index is 11.9. The first-order valence-electron chi connectivity index (χ1n) is 6.78. The van der Waals surface area contributed by atoms with Gasteiger partial charge in [0, 0.05) is 12.5 Å². The number of rotatable bonds is 6. The van der Waals surface area contributed by atoms with Crippen LogP contribution in [0, 0.1) is 17.0 Å². The van der Waals surface area contributed by atoms with E-state index in [1.54, 1.807) is 25.1 Å². The second-order valence-electron chi connectivity index (χ2n) is 4.70. The third-order valence-electron chi connectivity index (χ3n) is 3.17. The molecule has 0 saturated heterocycles. The van der Waals surface area contributed by atoms with Crippen molar-refractivity contribution in [1.29, 1.82) is 0 Å². The molecule has 0 radical (unpaired) electrons. The summed E-state index contributed by atoms with van der Waals surface area (Å²) in [6.07, 6.45) is 2.32. The van der Waals surface area contributed by atoms with Gasteiger partial charge in [0.25, 0.3) is 5.91 Å². The average molecular weight is 333 g/mol. The number of para-hydroxylation sites is 1. The molecule has 0 atom stereocenters. The van der Waals surface area contributed by atoms with Gasteiger partial charge in [-0.25, -0.2) is 15.0 Å². The summed E-state index contributed by atoms with van der Waals surface area (Å²) < 4.78 is 6.12. The monoisotopic (exact) mass is 333 g/mol. The zero-order valence-electron chi connectivity index (χ0n) is 13.0. The van der Waals surface area contributed by atoms with Gasteiger partial charge in [-0.15, -0.1) is 0 Å². The summed E-state index contributed by atoms with van der Waals surface area (Å²) in [5.41, 5.74) is 2.58. The number of methoxy groups -OCH3 is 1. The maximum Gasteiger partial charge on any atom is 0.343 e. The summed E-state index contributed by atoms with van der Waals surface area (Å²) >= 11 is 0. The maximum absolute atomic E-state index is 11.9. The molecule has 1 aromatic heterocycles. The first-order chi connectivity index (χ1) is 11.4. The van der Waals surface area contributed by atoms with Gasteiger partial charge in [-0.1, -0.05) is 6.07 Å². The number of nitrogens with one attached hydrogen (secondary N) is 1. The largest absolute Gasteiger partial charge is 0.504 e. The van der Waals surface area contributed by atoms with Gasteiger partial charge >= 0.3 is 5.82 Å².